The minimum absolute atomic E-state index is 0.0265. The fraction of sp³-hybridized carbons (Fsp3) is 0.190. The summed E-state index contributed by atoms with van der Waals surface area (Å²) in [5, 5.41) is 8.10. The van der Waals surface area contributed by atoms with E-state index in [1.54, 1.807) is 30.1 Å². The van der Waals surface area contributed by atoms with Gasteiger partial charge in [0.25, 0.3) is 5.56 Å². The Labute approximate surface area is 166 Å². The first-order chi connectivity index (χ1) is 14.0. The van der Waals surface area contributed by atoms with Crippen LogP contribution < -0.4 is 10.9 Å². The number of carbonyl (C=O) groups excluding carboxylic acids is 1. The third-order valence-corrected chi connectivity index (χ3v) is 4.77. The van der Waals surface area contributed by atoms with E-state index in [0.29, 0.717) is 11.6 Å². The first-order valence-electron chi connectivity index (χ1n) is 9.25. The maximum Gasteiger partial charge on any atom is 0.252 e. The number of ketones is 1. The van der Waals surface area contributed by atoms with Crippen LogP contribution in [-0.4, -0.2) is 30.1 Å². The van der Waals surface area contributed by atoms with Crippen LogP contribution in [0.25, 0.3) is 16.7 Å². The van der Waals surface area contributed by atoms with Gasteiger partial charge in [0.1, 0.15) is 11.4 Å². The van der Waals surface area contributed by atoms with Crippen molar-refractivity contribution in [2.24, 2.45) is 5.92 Å². The van der Waals surface area contributed by atoms with Gasteiger partial charge in [0.05, 0.1) is 5.69 Å². The number of benzene rings is 1. The number of carbonyl (C=O) groups is 1. The molecule has 4 rings (SSSR count). The summed E-state index contributed by atoms with van der Waals surface area (Å²) in [5.41, 5.74) is 2.05. The quantitative estimate of drug-likeness (QED) is 0.546. The Morgan fingerprint density at radius 2 is 1.97 bits per heavy atom. The van der Waals surface area contributed by atoms with Crippen LogP contribution in [0.5, 0.6) is 0 Å². The van der Waals surface area contributed by atoms with Crippen LogP contribution in [0.2, 0.25) is 0 Å². The lowest BCUT2D eigenvalue weighted by Gasteiger charge is -2.13. The Hall–Kier alpha value is -3.81. The number of pyridine rings is 1. The molecule has 4 aromatic rings. The van der Waals surface area contributed by atoms with Crippen molar-refractivity contribution in [1.29, 1.82) is 0 Å². The molecule has 0 bridgehead atoms. The second-order valence-electron chi connectivity index (χ2n) is 6.89. The van der Waals surface area contributed by atoms with Gasteiger partial charge in [0.15, 0.2) is 0 Å². The normalized spacial score (nSPS) is 12.1. The molecule has 0 fully saturated rings. The largest absolute Gasteiger partial charge is 0.324 e. The van der Waals surface area contributed by atoms with Gasteiger partial charge in [-0.15, -0.1) is 0 Å². The molecule has 1 N–H and O–H groups in total. The smallest absolute Gasteiger partial charge is 0.252 e. The zero-order valence-corrected chi connectivity index (χ0v) is 16.1. The van der Waals surface area contributed by atoms with Gasteiger partial charge >= 0.3 is 0 Å². The van der Waals surface area contributed by atoms with Gasteiger partial charge in [-0.2, -0.15) is 10.1 Å². The van der Waals surface area contributed by atoms with E-state index >= 15 is 0 Å². The Balaban J connectivity index is 1.64. The summed E-state index contributed by atoms with van der Waals surface area (Å²) in [5.74, 6) is 0.122. The molecular formula is C21H20N6O2. The number of fused-ring (bicyclic) bond motifs is 1. The summed E-state index contributed by atoms with van der Waals surface area (Å²) >= 11 is 0. The summed E-state index contributed by atoms with van der Waals surface area (Å²) in [4.78, 5) is 32.9. The van der Waals surface area contributed by atoms with E-state index in [2.05, 4.69) is 20.4 Å². The summed E-state index contributed by atoms with van der Waals surface area (Å²) in [6, 6.07) is 12.7. The van der Waals surface area contributed by atoms with E-state index in [9.17, 15) is 9.59 Å². The molecule has 3 heterocycles. The van der Waals surface area contributed by atoms with E-state index in [1.807, 2.05) is 36.5 Å². The molecule has 0 spiro atoms. The van der Waals surface area contributed by atoms with Crippen molar-refractivity contribution in [3.63, 3.8) is 0 Å². The minimum atomic E-state index is -0.278. The number of aromatic nitrogens is 5. The standard InChI is InChI=1S/C21H20N6O2/c1-14(15(2)28)13-26-19(29)9-4-16-12-22-21(25-20(16)26)24-17-5-7-18(8-6-17)27-11-3-10-23-27/h3-12,14H,13H2,1-2H3,(H,22,24,25). The van der Waals surface area contributed by atoms with Crippen molar-refractivity contribution < 1.29 is 4.79 Å². The summed E-state index contributed by atoms with van der Waals surface area (Å²) in [6.45, 7) is 3.60. The zero-order chi connectivity index (χ0) is 20.4. The zero-order valence-electron chi connectivity index (χ0n) is 16.1. The highest BCUT2D eigenvalue weighted by Gasteiger charge is 2.13. The predicted octanol–water partition coefficient (Wildman–Crippen LogP) is 2.95. The van der Waals surface area contributed by atoms with Crippen LogP contribution in [0.1, 0.15) is 13.8 Å². The number of nitrogens with one attached hydrogen (secondary N) is 1. The molecule has 8 nitrogen and oxygen atoms in total. The van der Waals surface area contributed by atoms with Gasteiger partial charge in [-0.05, 0) is 43.3 Å². The minimum Gasteiger partial charge on any atom is -0.324 e. The molecule has 1 atom stereocenters. The third-order valence-electron chi connectivity index (χ3n) is 4.77. The summed E-state index contributed by atoms with van der Waals surface area (Å²) in [7, 11) is 0. The van der Waals surface area contributed by atoms with E-state index in [1.165, 1.54) is 17.6 Å². The van der Waals surface area contributed by atoms with Crippen molar-refractivity contribution in [2.75, 3.05) is 5.32 Å². The molecule has 0 saturated carbocycles. The summed E-state index contributed by atoms with van der Waals surface area (Å²) in [6.07, 6.45) is 5.26. The van der Waals surface area contributed by atoms with E-state index in [-0.39, 0.29) is 23.8 Å². The Kier molecular flexibility index (Phi) is 4.90. The Morgan fingerprint density at radius 3 is 2.66 bits per heavy atom. The number of hydrogen-bond donors (Lipinski definition) is 1. The molecule has 3 aromatic heterocycles. The van der Waals surface area contributed by atoms with Crippen LogP contribution >= 0.6 is 0 Å². The second-order valence-corrected chi connectivity index (χ2v) is 6.89. The Bertz CT molecular complexity index is 1210. The number of Topliss-reactive ketones (excluding diaryl/α,β-unsaturated/α-hetero) is 1. The van der Waals surface area contributed by atoms with Gasteiger partial charge in [-0.25, -0.2) is 9.67 Å². The van der Waals surface area contributed by atoms with Gasteiger partial charge in [0.2, 0.25) is 5.95 Å². The molecule has 0 aliphatic rings. The Morgan fingerprint density at radius 1 is 1.17 bits per heavy atom. The average Bonchev–Trinajstić information content (AvgIpc) is 3.25. The average molecular weight is 388 g/mol. The molecule has 1 aromatic carbocycles. The van der Waals surface area contributed by atoms with Gasteiger partial charge in [-0.1, -0.05) is 6.92 Å². The highest BCUT2D eigenvalue weighted by Crippen LogP contribution is 2.18. The maximum atomic E-state index is 12.4. The molecule has 0 radical (unpaired) electrons. The highest BCUT2D eigenvalue weighted by molar-refractivity contribution is 5.79. The van der Waals surface area contributed by atoms with Crippen LogP contribution in [0, 0.1) is 5.92 Å². The second kappa shape index (κ2) is 7.67. The first kappa shape index (κ1) is 18.5. The van der Waals surface area contributed by atoms with Crippen LogP contribution in [0.4, 0.5) is 11.6 Å². The number of nitrogens with zero attached hydrogens (tertiary/aromatic N) is 5. The van der Waals surface area contributed by atoms with Crippen molar-refractivity contribution in [2.45, 2.75) is 20.4 Å². The van der Waals surface area contributed by atoms with Crippen molar-refractivity contribution >= 4 is 28.5 Å². The predicted molar refractivity (Wildman–Crippen MR) is 110 cm³/mol. The molecule has 146 valence electrons. The first-order valence-corrected chi connectivity index (χ1v) is 9.25. The molecule has 0 aliphatic heterocycles. The summed E-state index contributed by atoms with van der Waals surface area (Å²) < 4.78 is 3.29. The number of hydrogen-bond acceptors (Lipinski definition) is 6. The van der Waals surface area contributed by atoms with Crippen LogP contribution in [-0.2, 0) is 11.3 Å². The van der Waals surface area contributed by atoms with Crippen molar-refractivity contribution in [3.8, 4) is 5.69 Å². The van der Waals surface area contributed by atoms with Crippen molar-refractivity contribution in [3.05, 3.63) is 71.4 Å². The lowest BCUT2D eigenvalue weighted by molar-refractivity contribution is -0.120. The molecule has 8 heteroatoms. The topological polar surface area (TPSA) is 94.7 Å². The fourth-order valence-corrected chi connectivity index (χ4v) is 2.96. The maximum absolute atomic E-state index is 12.4. The SMILES string of the molecule is CC(=O)C(C)Cn1c(=O)ccc2cnc(Nc3ccc(-n4cccn4)cc3)nc21. The molecule has 29 heavy (non-hydrogen) atoms. The van der Waals surface area contributed by atoms with E-state index in [0.717, 1.165) is 16.8 Å². The highest BCUT2D eigenvalue weighted by atomic mass is 16.1. The van der Waals surface area contributed by atoms with E-state index in [4.69, 9.17) is 0 Å². The van der Waals surface area contributed by atoms with Crippen LogP contribution in [0.15, 0.2) is 65.8 Å². The van der Waals surface area contributed by atoms with Gasteiger partial charge < -0.3 is 5.32 Å². The molecule has 0 aliphatic carbocycles. The molecular weight excluding hydrogens is 368 g/mol. The molecule has 0 amide bonds. The van der Waals surface area contributed by atoms with Crippen molar-refractivity contribution in [1.82, 2.24) is 24.3 Å². The van der Waals surface area contributed by atoms with E-state index < -0.39 is 0 Å². The monoisotopic (exact) mass is 388 g/mol. The lowest BCUT2D eigenvalue weighted by Crippen LogP contribution is -2.26. The third kappa shape index (κ3) is 3.91. The molecule has 0 saturated heterocycles. The van der Waals surface area contributed by atoms with Gasteiger partial charge in [0, 0.05) is 48.2 Å². The number of rotatable bonds is 6. The van der Waals surface area contributed by atoms with Crippen LogP contribution in [0.3, 0.4) is 0 Å². The van der Waals surface area contributed by atoms with Gasteiger partial charge in [-0.3, -0.25) is 14.2 Å². The number of anilines is 2. The fourth-order valence-electron chi connectivity index (χ4n) is 2.96. The lowest BCUT2D eigenvalue weighted by atomic mass is 10.1. The molecule has 1 unspecified atom stereocenters.